The Kier molecular flexibility index (Phi) is 2.68. The summed E-state index contributed by atoms with van der Waals surface area (Å²) in [7, 11) is 0. The number of ether oxygens (including phenoxy) is 1. The molecule has 1 N–H and O–H groups in total. The van der Waals surface area contributed by atoms with Gasteiger partial charge in [-0.15, -0.1) is 0 Å². The molecule has 4 rings (SSSR count). The van der Waals surface area contributed by atoms with E-state index in [2.05, 4.69) is 5.32 Å². The van der Waals surface area contributed by atoms with Crippen LogP contribution >= 0.6 is 0 Å². The SMILES string of the molecule is O=C(N1CCOCC1)N1CC2(C1)C(=O)Nc1ccccc12. The first-order valence-corrected chi connectivity index (χ1v) is 7.23. The van der Waals surface area contributed by atoms with Crippen molar-refractivity contribution in [2.45, 2.75) is 5.41 Å². The minimum absolute atomic E-state index is 0.00901. The maximum atomic E-state index is 12.4. The molecule has 3 aliphatic heterocycles. The molecule has 0 atom stereocenters. The van der Waals surface area contributed by atoms with E-state index < -0.39 is 5.41 Å². The third kappa shape index (κ3) is 1.75. The number of nitrogens with one attached hydrogen (secondary N) is 1. The first kappa shape index (κ1) is 12.6. The van der Waals surface area contributed by atoms with Crippen molar-refractivity contribution >= 4 is 17.6 Å². The summed E-state index contributed by atoms with van der Waals surface area (Å²) >= 11 is 0. The standard InChI is InChI=1S/C15H17N3O3/c19-13-15(11-3-1-2-4-12(11)16-13)9-18(10-15)14(20)17-5-7-21-8-6-17/h1-4H,5-10H2,(H,16,19). The summed E-state index contributed by atoms with van der Waals surface area (Å²) in [5, 5.41) is 2.92. The van der Waals surface area contributed by atoms with Crippen molar-refractivity contribution in [1.82, 2.24) is 9.80 Å². The number of rotatable bonds is 0. The van der Waals surface area contributed by atoms with Gasteiger partial charge in [0.2, 0.25) is 5.91 Å². The molecular weight excluding hydrogens is 270 g/mol. The van der Waals surface area contributed by atoms with Gasteiger partial charge in [0, 0.05) is 31.9 Å². The lowest BCUT2D eigenvalue weighted by molar-refractivity contribution is -0.125. The molecule has 0 saturated carbocycles. The zero-order chi connectivity index (χ0) is 14.4. The van der Waals surface area contributed by atoms with E-state index in [1.165, 1.54) is 0 Å². The quantitative estimate of drug-likeness (QED) is 0.762. The molecule has 6 heteroatoms. The second kappa shape index (κ2) is 4.46. The lowest BCUT2D eigenvalue weighted by atomic mass is 9.75. The van der Waals surface area contributed by atoms with Crippen LogP contribution < -0.4 is 5.32 Å². The van der Waals surface area contributed by atoms with Gasteiger partial charge in [0.15, 0.2) is 0 Å². The van der Waals surface area contributed by atoms with Crippen LogP contribution in [0.3, 0.4) is 0 Å². The number of morpholine rings is 1. The largest absolute Gasteiger partial charge is 0.378 e. The van der Waals surface area contributed by atoms with Crippen LogP contribution in [0.1, 0.15) is 5.56 Å². The Hall–Kier alpha value is -2.08. The van der Waals surface area contributed by atoms with Gasteiger partial charge in [0.1, 0.15) is 5.41 Å². The van der Waals surface area contributed by atoms with Crippen LogP contribution in [0.2, 0.25) is 0 Å². The first-order valence-electron chi connectivity index (χ1n) is 7.23. The summed E-state index contributed by atoms with van der Waals surface area (Å²) in [5.41, 5.74) is 1.35. The van der Waals surface area contributed by atoms with Gasteiger partial charge in [0.05, 0.1) is 13.2 Å². The Morgan fingerprint density at radius 3 is 2.62 bits per heavy atom. The molecule has 3 amide bonds. The third-order valence-electron chi connectivity index (χ3n) is 4.60. The minimum atomic E-state index is -0.543. The van der Waals surface area contributed by atoms with Gasteiger partial charge in [-0.2, -0.15) is 0 Å². The molecule has 0 unspecified atom stereocenters. The van der Waals surface area contributed by atoms with Gasteiger partial charge in [0.25, 0.3) is 0 Å². The van der Waals surface area contributed by atoms with Crippen molar-refractivity contribution in [3.63, 3.8) is 0 Å². The number of hydrogen-bond donors (Lipinski definition) is 1. The van der Waals surface area contributed by atoms with Crippen LogP contribution in [-0.4, -0.2) is 61.1 Å². The number of anilines is 1. The van der Waals surface area contributed by atoms with Crippen LogP contribution in [0.5, 0.6) is 0 Å². The average Bonchev–Trinajstić information content (AvgIpc) is 2.78. The Balaban J connectivity index is 1.51. The second-order valence-electron chi connectivity index (χ2n) is 5.82. The zero-order valence-corrected chi connectivity index (χ0v) is 11.7. The molecule has 1 aromatic carbocycles. The number of nitrogens with zero attached hydrogens (tertiary/aromatic N) is 2. The topological polar surface area (TPSA) is 61.9 Å². The van der Waals surface area contributed by atoms with E-state index in [-0.39, 0.29) is 11.9 Å². The van der Waals surface area contributed by atoms with Crippen LogP contribution in [0, 0.1) is 0 Å². The summed E-state index contributed by atoms with van der Waals surface area (Å²) in [6, 6.07) is 7.75. The van der Waals surface area contributed by atoms with E-state index in [1.807, 2.05) is 24.3 Å². The highest BCUT2D eigenvalue weighted by molar-refractivity contribution is 6.08. The maximum absolute atomic E-state index is 12.4. The van der Waals surface area contributed by atoms with Crippen LogP contribution in [0.25, 0.3) is 0 Å². The highest BCUT2D eigenvalue weighted by Crippen LogP contribution is 2.44. The Morgan fingerprint density at radius 2 is 1.86 bits per heavy atom. The molecule has 3 aliphatic rings. The summed E-state index contributed by atoms with van der Waals surface area (Å²) < 4.78 is 5.26. The molecule has 2 saturated heterocycles. The molecule has 1 spiro atoms. The number of urea groups is 1. The van der Waals surface area contributed by atoms with Crippen LogP contribution in [0.15, 0.2) is 24.3 Å². The predicted octanol–water partition coefficient (Wildman–Crippen LogP) is 0.644. The number of hydrogen-bond acceptors (Lipinski definition) is 3. The van der Waals surface area contributed by atoms with Gasteiger partial charge in [-0.3, -0.25) is 4.79 Å². The third-order valence-corrected chi connectivity index (χ3v) is 4.60. The van der Waals surface area contributed by atoms with E-state index in [0.717, 1.165) is 11.3 Å². The normalized spacial score (nSPS) is 22.8. The van der Waals surface area contributed by atoms with Gasteiger partial charge in [-0.25, -0.2) is 4.79 Å². The zero-order valence-electron chi connectivity index (χ0n) is 11.7. The fraction of sp³-hybridized carbons (Fsp3) is 0.467. The molecule has 1 aromatic rings. The molecule has 0 radical (unpaired) electrons. The predicted molar refractivity (Wildman–Crippen MR) is 76.1 cm³/mol. The fourth-order valence-corrected chi connectivity index (χ4v) is 3.38. The highest BCUT2D eigenvalue weighted by atomic mass is 16.5. The number of para-hydroxylation sites is 1. The Bertz CT molecular complexity index is 604. The van der Waals surface area contributed by atoms with Crippen LogP contribution in [-0.2, 0) is 14.9 Å². The van der Waals surface area contributed by atoms with Crippen molar-refractivity contribution in [3.8, 4) is 0 Å². The fourth-order valence-electron chi connectivity index (χ4n) is 3.38. The summed E-state index contributed by atoms with van der Waals surface area (Å²) in [6.45, 7) is 3.37. The first-order chi connectivity index (χ1) is 10.2. The highest BCUT2D eigenvalue weighted by Gasteiger charge is 2.56. The lowest BCUT2D eigenvalue weighted by Gasteiger charge is -2.48. The number of amides is 3. The van der Waals surface area contributed by atoms with E-state index in [9.17, 15) is 9.59 Å². The molecule has 6 nitrogen and oxygen atoms in total. The van der Waals surface area contributed by atoms with Crippen molar-refractivity contribution in [1.29, 1.82) is 0 Å². The molecule has 0 aliphatic carbocycles. The van der Waals surface area contributed by atoms with Crippen molar-refractivity contribution < 1.29 is 14.3 Å². The van der Waals surface area contributed by atoms with E-state index in [1.54, 1.807) is 9.80 Å². The number of fused-ring (bicyclic) bond motifs is 2. The van der Waals surface area contributed by atoms with E-state index in [4.69, 9.17) is 4.74 Å². The molecule has 3 heterocycles. The van der Waals surface area contributed by atoms with E-state index >= 15 is 0 Å². The molecule has 21 heavy (non-hydrogen) atoms. The molecule has 2 fully saturated rings. The smallest absolute Gasteiger partial charge is 0.320 e. The van der Waals surface area contributed by atoms with E-state index in [0.29, 0.717) is 39.4 Å². The number of carbonyl (C=O) groups excluding carboxylic acids is 2. The number of benzene rings is 1. The summed E-state index contributed by atoms with van der Waals surface area (Å²) in [6.07, 6.45) is 0. The van der Waals surface area contributed by atoms with Crippen molar-refractivity contribution in [2.24, 2.45) is 0 Å². The molecule has 110 valence electrons. The van der Waals surface area contributed by atoms with Crippen molar-refractivity contribution in [2.75, 3.05) is 44.7 Å². The minimum Gasteiger partial charge on any atom is -0.378 e. The van der Waals surface area contributed by atoms with Gasteiger partial charge < -0.3 is 19.9 Å². The van der Waals surface area contributed by atoms with Gasteiger partial charge >= 0.3 is 6.03 Å². The summed E-state index contributed by atoms with van der Waals surface area (Å²) in [5.74, 6) is 0.00901. The summed E-state index contributed by atoms with van der Waals surface area (Å²) in [4.78, 5) is 28.3. The molecular formula is C15H17N3O3. The number of likely N-dealkylation sites (tertiary alicyclic amines) is 1. The maximum Gasteiger partial charge on any atom is 0.320 e. The number of carbonyl (C=O) groups is 2. The average molecular weight is 287 g/mol. The lowest BCUT2D eigenvalue weighted by Crippen LogP contribution is -2.66. The van der Waals surface area contributed by atoms with Crippen LogP contribution in [0.4, 0.5) is 10.5 Å². The molecule has 0 aromatic heterocycles. The van der Waals surface area contributed by atoms with Crippen molar-refractivity contribution in [3.05, 3.63) is 29.8 Å². The molecule has 0 bridgehead atoms. The van der Waals surface area contributed by atoms with Gasteiger partial charge in [-0.1, -0.05) is 18.2 Å². The Labute approximate surface area is 122 Å². The second-order valence-corrected chi connectivity index (χ2v) is 5.82. The van der Waals surface area contributed by atoms with Gasteiger partial charge in [-0.05, 0) is 11.6 Å². The monoisotopic (exact) mass is 287 g/mol. The Morgan fingerprint density at radius 1 is 1.14 bits per heavy atom.